The van der Waals surface area contributed by atoms with Gasteiger partial charge in [0.05, 0.1) is 11.9 Å². The van der Waals surface area contributed by atoms with Crippen molar-refractivity contribution in [3.8, 4) is 0 Å². The first-order valence-electron chi connectivity index (χ1n) is 9.04. The fraction of sp³-hybridized carbons (Fsp3) is 0.941. The highest BCUT2D eigenvalue weighted by Gasteiger charge is 2.24. The van der Waals surface area contributed by atoms with E-state index in [4.69, 9.17) is 5.11 Å². The van der Waals surface area contributed by atoms with E-state index in [9.17, 15) is 18.3 Å². The molecule has 0 aliphatic heterocycles. The maximum absolute atomic E-state index is 11.9. The highest BCUT2D eigenvalue weighted by atomic mass is 32.2. The lowest BCUT2D eigenvalue weighted by molar-refractivity contribution is -0.137. The van der Waals surface area contributed by atoms with Crippen molar-refractivity contribution in [1.82, 2.24) is 4.31 Å². The van der Waals surface area contributed by atoms with Crippen LogP contribution in [0.1, 0.15) is 78.1 Å². The number of sulfonamides is 1. The number of carbonyl (C=O) groups is 1. The lowest BCUT2D eigenvalue weighted by Gasteiger charge is -2.28. The number of aliphatic carboxylic acids is 1. The fourth-order valence-electron chi connectivity index (χ4n) is 2.89. The Balaban J connectivity index is 4.23. The molecule has 0 aromatic rings. The molecular formula is C17H35NO5S. The molecule has 0 rings (SSSR count). The second kappa shape index (κ2) is 11.8. The van der Waals surface area contributed by atoms with Crippen LogP contribution in [0, 0.1) is 0 Å². The minimum Gasteiger partial charge on any atom is -0.481 e. The van der Waals surface area contributed by atoms with Gasteiger partial charge in [-0.05, 0) is 38.5 Å². The van der Waals surface area contributed by atoms with Crippen LogP contribution < -0.4 is 0 Å². The smallest absolute Gasteiger partial charge is 0.303 e. The number of hydrogen-bond acceptors (Lipinski definition) is 4. The fourth-order valence-corrected chi connectivity index (χ4v) is 3.81. The zero-order valence-electron chi connectivity index (χ0n) is 15.5. The molecule has 0 aliphatic rings. The number of carboxylic acids is 1. The van der Waals surface area contributed by atoms with Crippen molar-refractivity contribution in [1.29, 1.82) is 0 Å². The molecule has 0 aromatic carbocycles. The average Bonchev–Trinajstić information content (AvgIpc) is 2.47. The van der Waals surface area contributed by atoms with Crippen LogP contribution in [-0.4, -0.2) is 53.9 Å². The molecule has 0 saturated carbocycles. The Labute approximate surface area is 147 Å². The van der Waals surface area contributed by atoms with Crippen molar-refractivity contribution in [2.45, 2.75) is 83.7 Å². The van der Waals surface area contributed by atoms with E-state index in [0.29, 0.717) is 38.8 Å². The quantitative estimate of drug-likeness (QED) is 0.435. The van der Waals surface area contributed by atoms with Crippen molar-refractivity contribution in [3.63, 3.8) is 0 Å². The summed E-state index contributed by atoms with van der Waals surface area (Å²) >= 11 is 0. The maximum atomic E-state index is 11.9. The molecule has 24 heavy (non-hydrogen) atoms. The molecule has 0 bridgehead atoms. The second-order valence-corrected chi connectivity index (χ2v) is 8.63. The van der Waals surface area contributed by atoms with Crippen LogP contribution >= 0.6 is 0 Å². The first-order valence-corrected chi connectivity index (χ1v) is 10.9. The third-order valence-electron chi connectivity index (χ3n) is 4.44. The van der Waals surface area contributed by atoms with Crippen molar-refractivity contribution in [3.05, 3.63) is 0 Å². The van der Waals surface area contributed by atoms with Gasteiger partial charge in [-0.3, -0.25) is 4.79 Å². The van der Waals surface area contributed by atoms with Gasteiger partial charge in [0.2, 0.25) is 10.0 Å². The number of aliphatic hydroxyl groups is 1. The zero-order valence-corrected chi connectivity index (χ0v) is 16.3. The van der Waals surface area contributed by atoms with Gasteiger partial charge in [0.15, 0.2) is 0 Å². The van der Waals surface area contributed by atoms with Crippen LogP contribution in [0.15, 0.2) is 0 Å². The predicted octanol–water partition coefficient (Wildman–Crippen LogP) is 3.00. The van der Waals surface area contributed by atoms with E-state index >= 15 is 0 Å². The molecule has 0 fully saturated rings. The summed E-state index contributed by atoms with van der Waals surface area (Å²) < 4.78 is 25.2. The summed E-state index contributed by atoms with van der Waals surface area (Å²) in [5.41, 5.74) is -0.686. The van der Waals surface area contributed by atoms with Crippen LogP contribution in [0.5, 0.6) is 0 Å². The summed E-state index contributed by atoms with van der Waals surface area (Å²) in [4.78, 5) is 10.4. The van der Waals surface area contributed by atoms with Gasteiger partial charge in [-0.1, -0.05) is 33.1 Å². The van der Waals surface area contributed by atoms with Crippen LogP contribution in [0.3, 0.4) is 0 Å². The average molecular weight is 366 g/mol. The summed E-state index contributed by atoms with van der Waals surface area (Å²) in [6.07, 6.45) is 7.99. The summed E-state index contributed by atoms with van der Waals surface area (Å²) in [5, 5.41) is 19.0. The van der Waals surface area contributed by atoms with E-state index in [1.807, 2.05) is 13.8 Å². The van der Waals surface area contributed by atoms with Crippen molar-refractivity contribution in [2.24, 2.45) is 0 Å². The van der Waals surface area contributed by atoms with E-state index in [0.717, 1.165) is 32.1 Å². The molecule has 7 heteroatoms. The molecule has 0 spiro atoms. The van der Waals surface area contributed by atoms with Gasteiger partial charge in [-0.25, -0.2) is 12.7 Å². The molecule has 0 amide bonds. The van der Waals surface area contributed by atoms with Gasteiger partial charge in [-0.15, -0.1) is 0 Å². The van der Waals surface area contributed by atoms with E-state index in [1.165, 1.54) is 10.6 Å². The lowest BCUT2D eigenvalue weighted by atomic mass is 9.90. The van der Waals surface area contributed by atoms with Gasteiger partial charge < -0.3 is 10.2 Å². The predicted molar refractivity (Wildman–Crippen MR) is 96.5 cm³/mol. The zero-order chi connectivity index (χ0) is 18.6. The summed E-state index contributed by atoms with van der Waals surface area (Å²) in [5.74, 6) is -0.789. The summed E-state index contributed by atoms with van der Waals surface area (Å²) in [7, 11) is -3.25. The first-order chi connectivity index (χ1) is 11.1. The Morgan fingerprint density at radius 2 is 1.58 bits per heavy atom. The van der Waals surface area contributed by atoms with E-state index in [1.54, 1.807) is 0 Å². The molecule has 1 atom stereocenters. The lowest BCUT2D eigenvalue weighted by Crippen LogP contribution is -2.34. The van der Waals surface area contributed by atoms with Gasteiger partial charge in [0.25, 0.3) is 0 Å². The van der Waals surface area contributed by atoms with E-state index in [2.05, 4.69) is 0 Å². The van der Waals surface area contributed by atoms with E-state index in [-0.39, 0.29) is 6.42 Å². The number of hydrogen-bond donors (Lipinski definition) is 2. The van der Waals surface area contributed by atoms with Gasteiger partial charge in [0.1, 0.15) is 0 Å². The molecule has 0 saturated heterocycles. The number of carboxylic acid groups (broad SMARTS) is 1. The Bertz CT molecular complexity index is 452. The van der Waals surface area contributed by atoms with Crippen LogP contribution in [0.4, 0.5) is 0 Å². The highest BCUT2D eigenvalue weighted by molar-refractivity contribution is 7.88. The largest absolute Gasteiger partial charge is 0.481 e. The molecule has 0 heterocycles. The third-order valence-corrected chi connectivity index (χ3v) is 5.74. The van der Waals surface area contributed by atoms with Gasteiger partial charge >= 0.3 is 5.97 Å². The molecule has 2 N–H and O–H groups in total. The van der Waals surface area contributed by atoms with Crippen LogP contribution in [0.25, 0.3) is 0 Å². The molecular weight excluding hydrogens is 330 g/mol. The molecule has 0 radical (unpaired) electrons. The molecule has 0 aliphatic carbocycles. The van der Waals surface area contributed by atoms with Gasteiger partial charge in [0, 0.05) is 19.5 Å². The first kappa shape index (κ1) is 23.3. The summed E-state index contributed by atoms with van der Waals surface area (Å²) in [6, 6.07) is 0. The van der Waals surface area contributed by atoms with Crippen LogP contribution in [0.2, 0.25) is 0 Å². The molecule has 144 valence electrons. The van der Waals surface area contributed by atoms with Gasteiger partial charge in [-0.2, -0.15) is 0 Å². The Hall–Kier alpha value is -0.660. The maximum Gasteiger partial charge on any atom is 0.303 e. The molecule has 0 aromatic heterocycles. The standard InChI is InChI=1S/C17H35NO5S/c1-4-12-17(21,5-2)13-10-15-18(24(3,22)23)14-9-7-6-8-11-16(19)20/h21H,4-15H2,1-3H3,(H,19,20). The van der Waals surface area contributed by atoms with Crippen LogP contribution in [-0.2, 0) is 14.8 Å². The minimum atomic E-state index is -3.25. The Morgan fingerprint density at radius 1 is 1.00 bits per heavy atom. The second-order valence-electron chi connectivity index (χ2n) is 6.65. The normalized spacial score (nSPS) is 14.7. The Kier molecular flexibility index (Phi) is 11.5. The topological polar surface area (TPSA) is 94.9 Å². The third kappa shape index (κ3) is 11.0. The van der Waals surface area contributed by atoms with Crippen molar-refractivity contribution in [2.75, 3.05) is 19.3 Å². The number of rotatable bonds is 15. The minimum absolute atomic E-state index is 0.169. The monoisotopic (exact) mass is 365 g/mol. The van der Waals surface area contributed by atoms with Crippen molar-refractivity contribution < 1.29 is 23.4 Å². The molecule has 6 nitrogen and oxygen atoms in total. The SMILES string of the molecule is CCCC(O)(CC)CCCN(CCCCCCC(=O)O)S(C)(=O)=O. The van der Waals surface area contributed by atoms with Crippen molar-refractivity contribution >= 4 is 16.0 Å². The number of nitrogens with zero attached hydrogens (tertiary/aromatic N) is 1. The molecule has 1 unspecified atom stereocenters. The summed E-state index contributed by atoms with van der Waals surface area (Å²) in [6.45, 7) is 4.89. The highest BCUT2D eigenvalue weighted by Crippen LogP contribution is 2.23. The van der Waals surface area contributed by atoms with E-state index < -0.39 is 21.6 Å². The Morgan fingerprint density at radius 3 is 2.08 bits per heavy atom. The number of unbranched alkanes of at least 4 members (excludes halogenated alkanes) is 3.